The first-order chi connectivity index (χ1) is 10.8. The van der Waals surface area contributed by atoms with Crippen molar-refractivity contribution in [2.75, 3.05) is 0 Å². The van der Waals surface area contributed by atoms with Crippen molar-refractivity contribution in [1.82, 2.24) is 0 Å². The fourth-order valence-electron chi connectivity index (χ4n) is 2.90. The average Bonchev–Trinajstić information content (AvgIpc) is 2.96. The number of fused-ring (bicyclic) bond motifs is 1. The van der Waals surface area contributed by atoms with E-state index in [-0.39, 0.29) is 0 Å². The summed E-state index contributed by atoms with van der Waals surface area (Å²) in [6.07, 6.45) is 0. The Morgan fingerprint density at radius 3 is 2.18 bits per heavy atom. The van der Waals surface area contributed by atoms with Crippen LogP contribution >= 0.6 is 0 Å². The molecule has 0 amide bonds. The zero-order valence-corrected chi connectivity index (χ0v) is 12.5. The van der Waals surface area contributed by atoms with Gasteiger partial charge in [0.2, 0.25) is 5.84 Å². The van der Waals surface area contributed by atoms with Gasteiger partial charge in [0, 0.05) is 6.07 Å². The van der Waals surface area contributed by atoms with E-state index in [1.54, 1.807) is 0 Å². The summed E-state index contributed by atoms with van der Waals surface area (Å²) < 4.78 is 0. The summed E-state index contributed by atoms with van der Waals surface area (Å²) in [7, 11) is 0. The summed E-state index contributed by atoms with van der Waals surface area (Å²) in [6.45, 7) is 2.11. The number of aryl methyl sites for hydroxylation is 1. The number of amidine groups is 1. The van der Waals surface area contributed by atoms with E-state index in [1.165, 1.54) is 27.4 Å². The molecule has 1 aliphatic rings. The summed E-state index contributed by atoms with van der Waals surface area (Å²) in [6, 6.07) is 27.5. The van der Waals surface area contributed by atoms with Crippen molar-refractivity contribution >= 4 is 22.9 Å². The first-order valence-corrected chi connectivity index (χ1v) is 7.51. The van der Waals surface area contributed by atoms with E-state index in [2.05, 4.69) is 73.7 Å². The third kappa shape index (κ3) is 2.14. The van der Waals surface area contributed by atoms with Crippen LogP contribution in [0.3, 0.4) is 0 Å². The molecule has 4 rings (SSSR count). The molecule has 1 atom stereocenters. The number of quaternary nitrogens is 1. The highest BCUT2D eigenvalue weighted by molar-refractivity contribution is 6.00. The molecule has 0 bridgehead atoms. The Balaban J connectivity index is 1.88. The minimum Gasteiger partial charge on any atom is -0.219 e. The van der Waals surface area contributed by atoms with E-state index < -0.39 is 0 Å². The second-order valence-electron chi connectivity index (χ2n) is 5.58. The van der Waals surface area contributed by atoms with Crippen LogP contribution in [0.15, 0.2) is 83.9 Å². The molecule has 1 unspecified atom stereocenters. The first-order valence-electron chi connectivity index (χ1n) is 7.51. The van der Waals surface area contributed by atoms with Crippen LogP contribution in [0.5, 0.6) is 0 Å². The lowest BCUT2D eigenvalue weighted by atomic mass is 10.1. The Kier molecular flexibility index (Phi) is 3.10. The van der Waals surface area contributed by atoms with Gasteiger partial charge in [-0.25, -0.2) is 4.90 Å². The van der Waals surface area contributed by atoms with Gasteiger partial charge in [0.15, 0.2) is 5.69 Å². The molecule has 1 heterocycles. The Morgan fingerprint density at radius 2 is 1.41 bits per heavy atom. The van der Waals surface area contributed by atoms with Gasteiger partial charge in [0.1, 0.15) is 11.4 Å². The highest BCUT2D eigenvalue weighted by Crippen LogP contribution is 2.28. The molecule has 0 aromatic heterocycles. The van der Waals surface area contributed by atoms with E-state index in [1.807, 2.05) is 12.1 Å². The second-order valence-corrected chi connectivity index (χ2v) is 5.58. The smallest absolute Gasteiger partial charge is 0.219 e. The predicted octanol–water partition coefficient (Wildman–Crippen LogP) is 3.94. The van der Waals surface area contributed by atoms with Crippen molar-refractivity contribution in [3.05, 3.63) is 90.0 Å². The summed E-state index contributed by atoms with van der Waals surface area (Å²) in [5.41, 5.74) is 5.91. The fraction of sp³-hybridized carbons (Fsp3) is 0.0500. The number of hydrogen-bond donors (Lipinski definition) is 1. The summed E-state index contributed by atoms with van der Waals surface area (Å²) >= 11 is 0. The SMILES string of the molecule is Cc1ccc(C2=Nc3ccccc3[NH+]2c2ccccc2)cc1. The van der Waals surface area contributed by atoms with Crippen LogP contribution in [0.2, 0.25) is 0 Å². The van der Waals surface area contributed by atoms with Crippen LogP contribution in [-0.2, 0) is 0 Å². The third-order valence-corrected chi connectivity index (χ3v) is 4.03. The van der Waals surface area contributed by atoms with E-state index in [0.29, 0.717) is 0 Å². The molecule has 3 aromatic rings. The van der Waals surface area contributed by atoms with Gasteiger partial charge in [-0.3, -0.25) is 0 Å². The van der Waals surface area contributed by atoms with Crippen molar-refractivity contribution in [3.63, 3.8) is 0 Å². The lowest BCUT2D eigenvalue weighted by Gasteiger charge is -2.15. The molecule has 3 aromatic carbocycles. The molecular weight excluding hydrogens is 268 g/mol. The van der Waals surface area contributed by atoms with E-state index in [9.17, 15) is 0 Å². The molecule has 1 N–H and O–H groups in total. The third-order valence-electron chi connectivity index (χ3n) is 4.03. The molecule has 2 nitrogen and oxygen atoms in total. The number of nitrogens with one attached hydrogen (secondary N) is 1. The van der Waals surface area contributed by atoms with E-state index in [0.717, 1.165) is 11.5 Å². The van der Waals surface area contributed by atoms with Crippen LogP contribution < -0.4 is 4.90 Å². The molecule has 0 aliphatic carbocycles. The van der Waals surface area contributed by atoms with Crippen LogP contribution in [0.25, 0.3) is 0 Å². The van der Waals surface area contributed by atoms with Gasteiger partial charge in [0.25, 0.3) is 0 Å². The molecule has 2 heteroatoms. The fourth-order valence-corrected chi connectivity index (χ4v) is 2.90. The number of hydrogen-bond acceptors (Lipinski definition) is 1. The highest BCUT2D eigenvalue weighted by atomic mass is 15.2. The van der Waals surface area contributed by atoms with Gasteiger partial charge in [-0.05, 0) is 37.3 Å². The van der Waals surface area contributed by atoms with Crippen LogP contribution in [-0.4, -0.2) is 5.84 Å². The second kappa shape index (κ2) is 5.24. The molecule has 0 saturated heterocycles. The monoisotopic (exact) mass is 285 g/mol. The zero-order valence-electron chi connectivity index (χ0n) is 12.5. The number of para-hydroxylation sites is 3. The number of aliphatic imine (C=N–C) groups is 1. The number of rotatable bonds is 2. The predicted molar refractivity (Wildman–Crippen MR) is 90.5 cm³/mol. The quantitative estimate of drug-likeness (QED) is 0.734. The Bertz CT molecular complexity index is 833. The normalized spacial score (nSPS) is 16.2. The largest absolute Gasteiger partial charge is 0.244 e. The number of benzene rings is 3. The minimum atomic E-state index is 1.05. The van der Waals surface area contributed by atoms with Crippen molar-refractivity contribution in [3.8, 4) is 0 Å². The van der Waals surface area contributed by atoms with Crippen LogP contribution in [0, 0.1) is 6.92 Å². The maximum Gasteiger partial charge on any atom is 0.244 e. The van der Waals surface area contributed by atoms with Gasteiger partial charge in [-0.2, -0.15) is 4.99 Å². The van der Waals surface area contributed by atoms with Crippen molar-refractivity contribution in [2.24, 2.45) is 4.99 Å². The highest BCUT2D eigenvalue weighted by Gasteiger charge is 2.32. The summed E-state index contributed by atoms with van der Waals surface area (Å²) in [5.74, 6) is 1.06. The molecule has 22 heavy (non-hydrogen) atoms. The van der Waals surface area contributed by atoms with Gasteiger partial charge in [0.05, 0.1) is 5.56 Å². The van der Waals surface area contributed by atoms with Gasteiger partial charge in [-0.15, -0.1) is 0 Å². The Labute approximate surface area is 130 Å². The van der Waals surface area contributed by atoms with E-state index >= 15 is 0 Å². The molecular formula is C20H17N2+. The maximum atomic E-state index is 4.89. The lowest BCUT2D eigenvalue weighted by molar-refractivity contribution is -0.645. The van der Waals surface area contributed by atoms with Crippen molar-refractivity contribution in [1.29, 1.82) is 0 Å². The Hall–Kier alpha value is -2.71. The number of nitrogens with zero attached hydrogens (tertiary/aromatic N) is 1. The minimum absolute atomic E-state index is 1.05. The molecule has 0 fully saturated rings. The standard InChI is InChI=1S/C20H16N2/c1-15-11-13-16(14-12-15)20-21-18-9-5-6-10-19(18)22(20)17-7-3-2-4-8-17/h2-14H,1H3/p+1. The molecule has 0 spiro atoms. The summed E-state index contributed by atoms with van der Waals surface area (Å²) in [5, 5.41) is 0. The van der Waals surface area contributed by atoms with Gasteiger partial charge in [-0.1, -0.05) is 48.0 Å². The Morgan fingerprint density at radius 1 is 0.727 bits per heavy atom. The van der Waals surface area contributed by atoms with Crippen LogP contribution in [0.4, 0.5) is 17.1 Å². The van der Waals surface area contributed by atoms with Crippen molar-refractivity contribution < 1.29 is 4.90 Å². The zero-order chi connectivity index (χ0) is 14.9. The first kappa shape index (κ1) is 13.0. The van der Waals surface area contributed by atoms with Gasteiger partial charge >= 0.3 is 0 Å². The van der Waals surface area contributed by atoms with Gasteiger partial charge < -0.3 is 0 Å². The molecule has 0 saturated carbocycles. The van der Waals surface area contributed by atoms with Crippen molar-refractivity contribution in [2.45, 2.75) is 6.92 Å². The maximum absolute atomic E-state index is 4.89. The molecule has 1 aliphatic heterocycles. The average molecular weight is 285 g/mol. The topological polar surface area (TPSA) is 16.8 Å². The molecule has 106 valence electrons. The summed E-state index contributed by atoms with van der Waals surface area (Å²) in [4.78, 5) is 6.11. The lowest BCUT2D eigenvalue weighted by Crippen LogP contribution is -3.04. The molecule has 0 radical (unpaired) electrons. The van der Waals surface area contributed by atoms with E-state index in [4.69, 9.17) is 4.99 Å². The van der Waals surface area contributed by atoms with Crippen LogP contribution in [0.1, 0.15) is 11.1 Å².